The Morgan fingerprint density at radius 2 is 2.41 bits per heavy atom. The summed E-state index contributed by atoms with van der Waals surface area (Å²) in [5.41, 5.74) is 0.474. The molecule has 1 fully saturated rings. The van der Waals surface area contributed by atoms with E-state index in [1.165, 1.54) is 6.20 Å². The molecule has 17 heavy (non-hydrogen) atoms. The zero-order chi connectivity index (χ0) is 12.4. The van der Waals surface area contributed by atoms with Crippen molar-refractivity contribution in [3.8, 4) is 6.07 Å². The van der Waals surface area contributed by atoms with Gasteiger partial charge in [0.25, 0.3) is 0 Å². The van der Waals surface area contributed by atoms with E-state index < -0.39 is 5.97 Å². The number of nitrogens with zero attached hydrogens (tertiary/aromatic N) is 4. The lowest BCUT2D eigenvalue weighted by Crippen LogP contribution is -2.51. The van der Waals surface area contributed by atoms with Crippen molar-refractivity contribution in [2.45, 2.75) is 6.92 Å². The van der Waals surface area contributed by atoms with E-state index in [2.05, 4.69) is 16.3 Å². The predicted octanol–water partition coefficient (Wildman–Crippen LogP) is 0.505. The van der Waals surface area contributed by atoms with Gasteiger partial charge >= 0.3 is 5.97 Å². The van der Waals surface area contributed by atoms with Crippen LogP contribution in [0.1, 0.15) is 12.5 Å². The van der Waals surface area contributed by atoms with Crippen molar-refractivity contribution in [2.24, 2.45) is 11.8 Å². The maximum Gasteiger partial charge on any atom is 0.306 e. The van der Waals surface area contributed by atoms with Gasteiger partial charge < -0.3 is 10.0 Å². The number of anilines is 1. The summed E-state index contributed by atoms with van der Waals surface area (Å²) in [7, 11) is 0. The largest absolute Gasteiger partial charge is 0.481 e. The number of aromatic nitrogens is 2. The van der Waals surface area contributed by atoms with Crippen molar-refractivity contribution in [1.29, 1.82) is 5.26 Å². The zero-order valence-electron chi connectivity index (χ0n) is 9.37. The summed E-state index contributed by atoms with van der Waals surface area (Å²) >= 11 is 0. The number of rotatable bonds is 3. The van der Waals surface area contributed by atoms with Gasteiger partial charge in [-0.2, -0.15) is 10.4 Å². The molecule has 1 N–H and O–H groups in total. The van der Waals surface area contributed by atoms with Gasteiger partial charge in [0, 0.05) is 19.0 Å². The Bertz CT molecular complexity index is 477. The Balaban J connectivity index is 2.05. The van der Waals surface area contributed by atoms with E-state index in [4.69, 9.17) is 10.4 Å². The van der Waals surface area contributed by atoms with Gasteiger partial charge in [0.15, 0.2) is 5.82 Å². The van der Waals surface area contributed by atoms with Gasteiger partial charge in [-0.1, -0.05) is 6.92 Å². The summed E-state index contributed by atoms with van der Waals surface area (Å²) < 4.78 is 0. The highest BCUT2D eigenvalue weighted by atomic mass is 16.4. The van der Waals surface area contributed by atoms with Crippen molar-refractivity contribution in [1.82, 2.24) is 10.2 Å². The molecule has 1 atom stereocenters. The van der Waals surface area contributed by atoms with Crippen LogP contribution >= 0.6 is 0 Å². The molecule has 0 spiro atoms. The van der Waals surface area contributed by atoms with E-state index in [1.54, 1.807) is 13.0 Å². The quantitative estimate of drug-likeness (QED) is 0.816. The molecule has 0 amide bonds. The van der Waals surface area contributed by atoms with Crippen LogP contribution in [0.15, 0.2) is 12.3 Å². The molecule has 0 aromatic carbocycles. The minimum atomic E-state index is -0.783. The standard InChI is InChI=1S/C11H12N4O2/c1-7(11(16)17)9-5-15(6-9)10-8(4-12)2-3-13-14-10/h2-3,7,9H,5-6H2,1H3,(H,16,17). The van der Waals surface area contributed by atoms with E-state index in [0.29, 0.717) is 24.5 Å². The maximum absolute atomic E-state index is 10.8. The fraction of sp³-hybridized carbons (Fsp3) is 0.455. The highest BCUT2D eigenvalue weighted by Crippen LogP contribution is 2.29. The minimum Gasteiger partial charge on any atom is -0.481 e. The van der Waals surface area contributed by atoms with Crippen LogP contribution in [0.4, 0.5) is 5.82 Å². The zero-order valence-corrected chi connectivity index (χ0v) is 9.37. The van der Waals surface area contributed by atoms with Gasteiger partial charge in [0.05, 0.1) is 17.7 Å². The molecule has 1 aromatic rings. The number of hydrogen-bond donors (Lipinski definition) is 1. The molecule has 0 saturated carbocycles. The van der Waals surface area contributed by atoms with Crippen LogP contribution < -0.4 is 4.90 Å². The monoisotopic (exact) mass is 232 g/mol. The lowest BCUT2D eigenvalue weighted by Gasteiger charge is -2.41. The number of hydrogen-bond acceptors (Lipinski definition) is 5. The number of aliphatic carboxylic acids is 1. The molecule has 0 bridgehead atoms. The van der Waals surface area contributed by atoms with Crippen LogP contribution in [0, 0.1) is 23.2 Å². The van der Waals surface area contributed by atoms with Gasteiger partial charge in [0.2, 0.25) is 0 Å². The lowest BCUT2D eigenvalue weighted by atomic mass is 9.87. The van der Waals surface area contributed by atoms with Crippen LogP contribution in [0.3, 0.4) is 0 Å². The normalized spacial score (nSPS) is 17.1. The van der Waals surface area contributed by atoms with Crippen LogP contribution in [-0.4, -0.2) is 34.4 Å². The number of nitriles is 1. The molecule has 1 unspecified atom stereocenters. The summed E-state index contributed by atoms with van der Waals surface area (Å²) in [5, 5.41) is 25.4. The first kappa shape index (κ1) is 11.3. The molecule has 1 saturated heterocycles. The van der Waals surface area contributed by atoms with E-state index in [9.17, 15) is 4.79 Å². The average molecular weight is 232 g/mol. The fourth-order valence-electron chi connectivity index (χ4n) is 1.85. The Morgan fingerprint density at radius 3 is 3.00 bits per heavy atom. The highest BCUT2D eigenvalue weighted by molar-refractivity contribution is 5.70. The van der Waals surface area contributed by atoms with Crippen LogP contribution in [0.25, 0.3) is 0 Å². The first-order valence-corrected chi connectivity index (χ1v) is 5.33. The van der Waals surface area contributed by atoms with Crippen molar-refractivity contribution >= 4 is 11.8 Å². The van der Waals surface area contributed by atoms with E-state index >= 15 is 0 Å². The molecular formula is C11H12N4O2. The lowest BCUT2D eigenvalue weighted by molar-refractivity contribution is -0.143. The number of carbonyl (C=O) groups is 1. The van der Waals surface area contributed by atoms with Gasteiger partial charge in [-0.15, -0.1) is 5.10 Å². The second-order valence-corrected chi connectivity index (χ2v) is 4.17. The first-order valence-electron chi connectivity index (χ1n) is 5.33. The fourth-order valence-corrected chi connectivity index (χ4v) is 1.85. The Morgan fingerprint density at radius 1 is 1.71 bits per heavy atom. The maximum atomic E-state index is 10.8. The number of carboxylic acid groups (broad SMARTS) is 1. The summed E-state index contributed by atoms with van der Waals surface area (Å²) in [6.45, 7) is 2.92. The molecule has 2 rings (SSSR count). The van der Waals surface area contributed by atoms with E-state index in [0.717, 1.165) is 0 Å². The molecule has 0 radical (unpaired) electrons. The van der Waals surface area contributed by atoms with Crippen molar-refractivity contribution < 1.29 is 9.90 Å². The summed E-state index contributed by atoms with van der Waals surface area (Å²) in [6, 6.07) is 3.66. The first-order chi connectivity index (χ1) is 8.13. The minimum absolute atomic E-state index is 0.112. The summed E-state index contributed by atoms with van der Waals surface area (Å²) in [6.07, 6.45) is 1.47. The van der Waals surface area contributed by atoms with Gasteiger partial charge in [-0.3, -0.25) is 4.79 Å². The molecule has 1 aliphatic heterocycles. The second kappa shape index (κ2) is 4.37. The van der Waals surface area contributed by atoms with Gasteiger partial charge in [-0.05, 0) is 6.07 Å². The topological polar surface area (TPSA) is 90.1 Å². The van der Waals surface area contributed by atoms with Crippen molar-refractivity contribution in [3.63, 3.8) is 0 Å². The van der Waals surface area contributed by atoms with Gasteiger partial charge in [0.1, 0.15) is 6.07 Å². The Labute approximate surface area is 98.5 Å². The second-order valence-electron chi connectivity index (χ2n) is 4.17. The average Bonchev–Trinajstić information content (AvgIpc) is 2.27. The molecule has 6 nitrogen and oxygen atoms in total. The molecule has 1 aromatic heterocycles. The third kappa shape index (κ3) is 2.04. The highest BCUT2D eigenvalue weighted by Gasteiger charge is 2.36. The smallest absolute Gasteiger partial charge is 0.306 e. The summed E-state index contributed by atoms with van der Waals surface area (Å²) in [5.74, 6) is -0.493. The van der Waals surface area contributed by atoms with Crippen molar-refractivity contribution in [2.75, 3.05) is 18.0 Å². The van der Waals surface area contributed by atoms with Crippen molar-refractivity contribution in [3.05, 3.63) is 17.8 Å². The molecule has 1 aliphatic rings. The SMILES string of the molecule is CC(C(=O)O)C1CN(c2nnccc2C#N)C1. The summed E-state index contributed by atoms with van der Waals surface area (Å²) in [4.78, 5) is 12.7. The Kier molecular flexibility index (Phi) is 2.91. The third-order valence-corrected chi connectivity index (χ3v) is 3.13. The predicted molar refractivity (Wildman–Crippen MR) is 59.2 cm³/mol. The van der Waals surface area contributed by atoms with E-state index in [1.807, 2.05) is 4.90 Å². The molecule has 88 valence electrons. The van der Waals surface area contributed by atoms with E-state index in [-0.39, 0.29) is 11.8 Å². The Hall–Kier alpha value is -2.16. The van der Waals surface area contributed by atoms with Gasteiger partial charge in [-0.25, -0.2) is 0 Å². The molecule has 6 heteroatoms. The molecule has 2 heterocycles. The van der Waals surface area contributed by atoms with Crippen LogP contribution in [0.5, 0.6) is 0 Å². The van der Waals surface area contributed by atoms with Crippen LogP contribution in [0.2, 0.25) is 0 Å². The molecular weight excluding hydrogens is 220 g/mol. The number of carboxylic acids is 1. The van der Waals surface area contributed by atoms with Crippen LogP contribution in [-0.2, 0) is 4.79 Å². The third-order valence-electron chi connectivity index (χ3n) is 3.13. The molecule has 0 aliphatic carbocycles.